The van der Waals surface area contributed by atoms with Crippen molar-refractivity contribution in [3.05, 3.63) is 538 Å². The molecule has 7 aromatic heterocycles. The van der Waals surface area contributed by atoms with Gasteiger partial charge in [-0.3, -0.25) is 68.4 Å². The Kier molecular flexibility index (Phi) is 35.0. The number of fused-ring (bicyclic) bond motifs is 7. The number of Topliss-reactive ketones (excluding diaryl/α,β-unsaturated/α-hetero) is 7. The average molecular weight is 1950 g/mol. The molecule has 14 aromatic carbocycles. The maximum atomic E-state index is 12.5. The van der Waals surface area contributed by atoms with Crippen molar-refractivity contribution in [3.8, 4) is 0 Å². The van der Waals surface area contributed by atoms with E-state index in [9.17, 15) is 33.6 Å². The van der Waals surface area contributed by atoms with Crippen LogP contribution in [-0.4, -0.2) is 75.4 Å². The third-order valence-corrected chi connectivity index (χ3v) is 25.8. The first-order valence-electron chi connectivity index (χ1n) is 49.3. The Labute approximate surface area is 864 Å². The first-order valence-corrected chi connectivity index (χ1v) is 49.7. The number of aromatic nitrogens is 7. The fourth-order valence-electron chi connectivity index (χ4n) is 17.3. The van der Waals surface area contributed by atoms with Crippen molar-refractivity contribution in [1.29, 1.82) is 0 Å². The summed E-state index contributed by atoms with van der Waals surface area (Å²) in [7, 11) is 0. The molecule has 728 valence electrons. The van der Waals surface area contributed by atoms with E-state index in [1.54, 1.807) is 12.1 Å². The molecule has 7 heterocycles. The molecule has 0 aliphatic rings. The van der Waals surface area contributed by atoms with E-state index in [-0.39, 0.29) is 40.5 Å². The summed E-state index contributed by atoms with van der Waals surface area (Å²) in [5, 5.41) is 8.01. The van der Waals surface area contributed by atoms with Crippen LogP contribution in [0.2, 0.25) is 5.02 Å². The summed E-state index contributed by atoms with van der Waals surface area (Å²) in [6, 6.07) is 124. The molecule has 15 heteroatoms. The molecule has 0 spiro atoms. The molecule has 0 aliphatic carbocycles. The lowest BCUT2D eigenvalue weighted by molar-refractivity contribution is 0.0985. The van der Waals surface area contributed by atoms with Crippen LogP contribution < -0.4 is 0 Å². The summed E-state index contributed by atoms with van der Waals surface area (Å²) in [5.74, 6) is 0.796. The Bertz CT molecular complexity index is 7620. The number of aryl methyl sites for hydroxylation is 13. The van der Waals surface area contributed by atoms with E-state index in [2.05, 4.69) is 71.3 Å². The lowest BCUT2D eigenvalue weighted by Crippen LogP contribution is -2.05. The van der Waals surface area contributed by atoms with E-state index < -0.39 is 0 Å². The molecule has 0 fully saturated rings. The van der Waals surface area contributed by atoms with E-state index in [0.29, 0.717) is 55.5 Å². The van der Waals surface area contributed by atoms with E-state index in [4.69, 9.17) is 11.6 Å². The molecule has 0 saturated carbocycles. The summed E-state index contributed by atoms with van der Waals surface area (Å²) < 4.78 is 0. The second-order valence-corrected chi connectivity index (χ2v) is 37.9. The molecule has 0 aliphatic heterocycles. The van der Waals surface area contributed by atoms with Gasteiger partial charge in [0.1, 0.15) is 0 Å². The summed E-state index contributed by atoms with van der Waals surface area (Å²) in [5.41, 5.74) is 32.1. The molecule has 0 N–H and O–H groups in total. The Morgan fingerprint density at radius 3 is 0.551 bits per heavy atom. The minimum absolute atomic E-state index is 0.0106. The molecule has 0 bridgehead atoms. The monoisotopic (exact) mass is 1950 g/mol. The van der Waals surface area contributed by atoms with E-state index in [1.807, 2.05) is 424 Å². The van der Waals surface area contributed by atoms with Crippen molar-refractivity contribution in [2.24, 2.45) is 0 Å². The lowest BCUT2D eigenvalue weighted by Gasteiger charge is -2.07. The maximum Gasteiger partial charge on any atom is 0.168 e. The fraction of sp³-hybridized carbons (Fsp3) is 0.152. The highest BCUT2D eigenvalue weighted by molar-refractivity contribution is 6.34. The summed E-state index contributed by atoms with van der Waals surface area (Å²) in [6.07, 6.45) is 2.62. The van der Waals surface area contributed by atoms with Crippen molar-refractivity contribution < 1.29 is 33.6 Å². The van der Waals surface area contributed by atoms with Crippen LogP contribution in [0, 0.1) is 90.0 Å². The molecule has 147 heavy (non-hydrogen) atoms. The highest BCUT2D eigenvalue weighted by Crippen LogP contribution is 2.30. The molecular formula is C132H116ClN7O7. The van der Waals surface area contributed by atoms with Crippen molar-refractivity contribution in [1.82, 2.24) is 34.9 Å². The molecule has 21 aromatic rings. The molecular weight excluding hydrogens is 1830 g/mol. The zero-order valence-corrected chi connectivity index (χ0v) is 85.9. The van der Waals surface area contributed by atoms with E-state index >= 15 is 0 Å². The highest BCUT2D eigenvalue weighted by atomic mass is 35.5. The van der Waals surface area contributed by atoms with Gasteiger partial charge < -0.3 is 0 Å². The summed E-state index contributed by atoms with van der Waals surface area (Å²) >= 11 is 6.09. The molecule has 0 atom stereocenters. The van der Waals surface area contributed by atoms with Gasteiger partial charge in [-0.05, 0) is 190 Å². The first-order chi connectivity index (χ1) is 70.9. The number of ketones is 7. The van der Waals surface area contributed by atoms with Gasteiger partial charge in [0.2, 0.25) is 0 Å². The number of carbonyl (C=O) groups is 7. The lowest BCUT2D eigenvalue weighted by atomic mass is 9.99. The number of hydrogen-bond donors (Lipinski definition) is 0. The van der Waals surface area contributed by atoms with Crippen LogP contribution in [0.5, 0.6) is 0 Å². The quantitative estimate of drug-likeness (QED) is 0.0613. The molecule has 0 radical (unpaired) electrons. The van der Waals surface area contributed by atoms with Crippen LogP contribution in [0.25, 0.3) is 76.3 Å². The number of pyridine rings is 7. The number of hydrogen-bond acceptors (Lipinski definition) is 14. The third kappa shape index (κ3) is 28.3. The van der Waals surface area contributed by atoms with Crippen molar-refractivity contribution in [3.63, 3.8) is 0 Å². The minimum atomic E-state index is 0.0106. The Morgan fingerprint density at radius 2 is 0.354 bits per heavy atom. The summed E-state index contributed by atoms with van der Waals surface area (Å²) in [6.45, 7) is 25.9. The Morgan fingerprint density at radius 1 is 0.170 bits per heavy atom. The van der Waals surface area contributed by atoms with E-state index in [1.165, 1.54) is 0 Å². The van der Waals surface area contributed by atoms with Crippen LogP contribution in [0.3, 0.4) is 0 Å². The molecule has 14 nitrogen and oxygen atoms in total. The predicted molar refractivity (Wildman–Crippen MR) is 600 cm³/mol. The third-order valence-electron chi connectivity index (χ3n) is 25.4. The van der Waals surface area contributed by atoms with Crippen LogP contribution in [-0.2, 0) is 44.9 Å². The molecule has 21 rings (SSSR count). The van der Waals surface area contributed by atoms with E-state index in [0.717, 1.165) is 222 Å². The predicted octanol–water partition coefficient (Wildman–Crippen LogP) is 30.3. The SMILES string of the molecule is Cc1ccc(C(=O)Cc2cccc3ccc(C)nc23)cc1.Cc1ccc(C(=O)Cc2cccc3ccc(C)nc23)cc1.Cc1ccc(C(=O)Cc2cccc3ccc(C)nc23)cc1.Cc1ccc(C(=O)Cc2cccc3ccc(C)nc23)cc1.Cc1ccc(C(=O)Cc2cccc3ccc(C)nc23)cc1.Cc1ccc2cccc(CC(=O)c3ccccc3Cl)c2n1.Cc1cccc(C(=O)Cc2cccc3ccc(C)nc23)c1. The average Bonchev–Trinajstić information content (AvgIpc) is 0.831. The fourth-order valence-corrected chi connectivity index (χ4v) is 17.5. The minimum Gasteiger partial charge on any atom is -0.294 e. The van der Waals surface area contributed by atoms with Crippen LogP contribution in [0.1, 0.15) is 185 Å². The van der Waals surface area contributed by atoms with Gasteiger partial charge >= 0.3 is 0 Å². The van der Waals surface area contributed by atoms with Gasteiger partial charge in [0.05, 0.1) is 43.6 Å². The van der Waals surface area contributed by atoms with Crippen molar-refractivity contribution in [2.75, 3.05) is 0 Å². The van der Waals surface area contributed by atoms with Gasteiger partial charge in [0.15, 0.2) is 40.5 Å². The van der Waals surface area contributed by atoms with Gasteiger partial charge in [0, 0.05) is 161 Å². The van der Waals surface area contributed by atoms with Crippen molar-refractivity contribution in [2.45, 2.75) is 135 Å². The van der Waals surface area contributed by atoms with Gasteiger partial charge in [-0.2, -0.15) is 0 Å². The standard InChI is InChI=1S/6C19H17NO.C18H14ClNO/c1-13-5-3-7-16(11-13)18(21)12-17-8-4-6-15-10-9-14(2)20-19(15)17;5*1-13-6-9-15(10-7-13)18(21)12-17-5-3-4-16-11-8-14(2)20-19(16)17;1-12-9-10-13-5-4-6-14(18(13)20-12)11-17(21)15-7-2-3-8-16(15)19/h6*3-11H,12H2,1-2H3;2-10H,11H2,1H3. The zero-order chi connectivity index (χ0) is 104. The second-order valence-electron chi connectivity index (χ2n) is 37.5. The van der Waals surface area contributed by atoms with Crippen LogP contribution in [0.15, 0.2) is 382 Å². The second kappa shape index (κ2) is 49.3. The molecule has 0 unspecified atom stereocenters. The van der Waals surface area contributed by atoms with Gasteiger partial charge in [-0.25, -0.2) is 0 Å². The maximum absolute atomic E-state index is 12.5. The number of para-hydroxylation sites is 7. The zero-order valence-electron chi connectivity index (χ0n) is 85.2. The topological polar surface area (TPSA) is 210 Å². The largest absolute Gasteiger partial charge is 0.294 e. The number of halogens is 1. The summed E-state index contributed by atoms with van der Waals surface area (Å²) in [4.78, 5) is 119. The number of carbonyl (C=O) groups excluding carboxylic acids is 7. The Balaban J connectivity index is 0.000000129. The smallest absolute Gasteiger partial charge is 0.168 e. The van der Waals surface area contributed by atoms with Crippen LogP contribution in [0.4, 0.5) is 0 Å². The Hall–Kier alpha value is -17.1. The van der Waals surface area contributed by atoms with Crippen LogP contribution >= 0.6 is 11.6 Å². The highest BCUT2D eigenvalue weighted by Gasteiger charge is 2.20. The number of benzene rings is 14. The molecule has 0 amide bonds. The number of nitrogens with zero attached hydrogens (tertiary/aromatic N) is 7. The normalized spacial score (nSPS) is 10.8. The first kappa shape index (κ1) is 104. The van der Waals surface area contributed by atoms with Gasteiger partial charge in [0.25, 0.3) is 0 Å². The number of rotatable bonds is 21. The molecule has 0 saturated heterocycles. The van der Waals surface area contributed by atoms with Gasteiger partial charge in [-0.15, -0.1) is 0 Å². The van der Waals surface area contributed by atoms with Gasteiger partial charge in [-0.1, -0.05) is 366 Å². The van der Waals surface area contributed by atoms with Crippen molar-refractivity contribution >= 4 is 128 Å².